The fraction of sp³-hybridized carbons (Fsp3) is 0.286. The topological polar surface area (TPSA) is 64.3 Å². The van der Waals surface area contributed by atoms with Crippen LogP contribution in [0, 0.1) is 6.92 Å². The van der Waals surface area contributed by atoms with E-state index >= 15 is 0 Å². The molecule has 1 N–H and O–H groups in total. The molecule has 1 heterocycles. The van der Waals surface area contributed by atoms with E-state index in [1.54, 1.807) is 20.0 Å². The van der Waals surface area contributed by atoms with Gasteiger partial charge in [0.2, 0.25) is 0 Å². The van der Waals surface area contributed by atoms with Gasteiger partial charge in [0.25, 0.3) is 6.43 Å². The second kappa shape index (κ2) is 5.51. The van der Waals surface area contributed by atoms with E-state index in [4.69, 9.17) is 9.84 Å². The van der Waals surface area contributed by atoms with Crippen molar-refractivity contribution in [3.05, 3.63) is 35.0 Å². The standard InChI is InChI=1S/C14H14F2N2O3/c1-7-4-8(12(21-3)9(5-7)13(15)16)11-6-10(14(19)20)17-18(11)2/h4-6,13H,1-3H3,(H,19,20). The van der Waals surface area contributed by atoms with Crippen molar-refractivity contribution in [1.82, 2.24) is 9.78 Å². The average molecular weight is 296 g/mol. The Morgan fingerprint density at radius 3 is 2.52 bits per heavy atom. The van der Waals surface area contributed by atoms with Crippen LogP contribution in [-0.4, -0.2) is 28.0 Å². The van der Waals surface area contributed by atoms with E-state index in [0.29, 0.717) is 16.8 Å². The van der Waals surface area contributed by atoms with Crippen LogP contribution in [0.5, 0.6) is 5.75 Å². The summed E-state index contributed by atoms with van der Waals surface area (Å²) in [6, 6.07) is 4.34. The largest absolute Gasteiger partial charge is 0.496 e. The number of carboxylic acid groups (broad SMARTS) is 1. The van der Waals surface area contributed by atoms with Crippen molar-refractivity contribution in [3.8, 4) is 17.0 Å². The molecule has 21 heavy (non-hydrogen) atoms. The number of rotatable bonds is 4. The van der Waals surface area contributed by atoms with Crippen LogP contribution in [0.15, 0.2) is 18.2 Å². The van der Waals surface area contributed by atoms with Crippen LogP contribution in [0.3, 0.4) is 0 Å². The van der Waals surface area contributed by atoms with Gasteiger partial charge in [-0.15, -0.1) is 0 Å². The van der Waals surface area contributed by atoms with Gasteiger partial charge in [0, 0.05) is 12.6 Å². The molecule has 0 saturated heterocycles. The van der Waals surface area contributed by atoms with E-state index in [1.165, 1.54) is 23.9 Å². The number of nitrogens with zero attached hydrogens (tertiary/aromatic N) is 2. The zero-order valence-electron chi connectivity index (χ0n) is 11.7. The minimum atomic E-state index is -2.69. The molecule has 0 bridgehead atoms. The first kappa shape index (κ1) is 15.0. The molecule has 7 heteroatoms. The number of carboxylic acids is 1. The average Bonchev–Trinajstić information content (AvgIpc) is 2.79. The summed E-state index contributed by atoms with van der Waals surface area (Å²) < 4.78 is 32.7. The molecule has 0 atom stereocenters. The highest BCUT2D eigenvalue weighted by Crippen LogP contribution is 2.39. The Labute approximate surface area is 119 Å². The lowest BCUT2D eigenvalue weighted by Gasteiger charge is -2.14. The predicted molar refractivity (Wildman–Crippen MR) is 71.8 cm³/mol. The van der Waals surface area contributed by atoms with Crippen LogP contribution in [0.1, 0.15) is 28.0 Å². The fourth-order valence-corrected chi connectivity index (χ4v) is 2.21. The molecule has 5 nitrogen and oxygen atoms in total. The number of aromatic carboxylic acids is 1. The zero-order valence-corrected chi connectivity index (χ0v) is 11.7. The molecule has 0 aliphatic heterocycles. The molecule has 0 saturated carbocycles. The Hall–Kier alpha value is -2.44. The second-order valence-corrected chi connectivity index (χ2v) is 4.58. The Morgan fingerprint density at radius 1 is 1.38 bits per heavy atom. The number of hydrogen-bond donors (Lipinski definition) is 1. The Morgan fingerprint density at radius 2 is 2.05 bits per heavy atom. The number of aromatic nitrogens is 2. The zero-order chi connectivity index (χ0) is 15.7. The molecule has 0 spiro atoms. The summed E-state index contributed by atoms with van der Waals surface area (Å²) in [5.74, 6) is -1.16. The van der Waals surface area contributed by atoms with Crippen molar-refractivity contribution in [2.24, 2.45) is 7.05 Å². The van der Waals surface area contributed by atoms with Crippen LogP contribution in [-0.2, 0) is 7.05 Å². The highest BCUT2D eigenvalue weighted by molar-refractivity contribution is 5.87. The molecular formula is C14H14F2N2O3. The smallest absolute Gasteiger partial charge is 0.356 e. The second-order valence-electron chi connectivity index (χ2n) is 4.58. The van der Waals surface area contributed by atoms with Gasteiger partial charge < -0.3 is 9.84 Å². The summed E-state index contributed by atoms with van der Waals surface area (Å²) >= 11 is 0. The van der Waals surface area contributed by atoms with E-state index in [0.717, 1.165) is 0 Å². The molecular weight excluding hydrogens is 282 g/mol. The van der Waals surface area contributed by atoms with Gasteiger partial charge in [0.15, 0.2) is 5.69 Å². The first-order valence-corrected chi connectivity index (χ1v) is 6.09. The number of halogens is 2. The Balaban J connectivity index is 2.71. The first-order valence-electron chi connectivity index (χ1n) is 6.09. The minimum absolute atomic E-state index is 0.0236. The fourth-order valence-electron chi connectivity index (χ4n) is 2.21. The van der Waals surface area contributed by atoms with Crippen LogP contribution in [0.2, 0.25) is 0 Å². The van der Waals surface area contributed by atoms with Gasteiger partial charge in [-0.2, -0.15) is 5.10 Å². The Kier molecular flexibility index (Phi) is 3.93. The van der Waals surface area contributed by atoms with E-state index in [-0.39, 0.29) is 17.0 Å². The van der Waals surface area contributed by atoms with Gasteiger partial charge in [-0.25, -0.2) is 13.6 Å². The third-order valence-electron chi connectivity index (χ3n) is 3.08. The quantitative estimate of drug-likeness (QED) is 0.942. The van der Waals surface area contributed by atoms with Gasteiger partial charge in [-0.3, -0.25) is 4.68 Å². The first-order chi connectivity index (χ1) is 9.85. The highest BCUT2D eigenvalue weighted by Gasteiger charge is 2.22. The van der Waals surface area contributed by atoms with Gasteiger partial charge in [0.1, 0.15) is 5.75 Å². The number of alkyl halides is 2. The number of aryl methyl sites for hydroxylation is 2. The van der Waals surface area contributed by atoms with Crippen LogP contribution < -0.4 is 4.74 Å². The summed E-state index contributed by atoms with van der Waals surface area (Å²) in [4.78, 5) is 11.0. The molecule has 2 rings (SSSR count). The predicted octanol–water partition coefficient (Wildman–Crippen LogP) is 3.04. The molecule has 0 aliphatic carbocycles. The highest BCUT2D eigenvalue weighted by atomic mass is 19.3. The lowest BCUT2D eigenvalue weighted by atomic mass is 10.0. The molecule has 2 aromatic rings. The summed E-state index contributed by atoms with van der Waals surface area (Å²) in [7, 11) is 2.85. The normalized spacial score (nSPS) is 11.0. The molecule has 0 amide bonds. The van der Waals surface area contributed by atoms with Crippen LogP contribution in [0.25, 0.3) is 11.3 Å². The molecule has 0 unspecified atom stereocenters. The number of methoxy groups -OCH3 is 1. The van der Waals surface area contributed by atoms with Gasteiger partial charge in [0.05, 0.1) is 18.4 Å². The van der Waals surface area contributed by atoms with Crippen molar-refractivity contribution in [2.45, 2.75) is 13.3 Å². The summed E-state index contributed by atoms with van der Waals surface area (Å²) in [6.07, 6.45) is -2.69. The number of hydrogen-bond acceptors (Lipinski definition) is 3. The molecule has 1 aromatic heterocycles. The maximum atomic E-state index is 13.1. The van der Waals surface area contributed by atoms with Crippen molar-refractivity contribution in [3.63, 3.8) is 0 Å². The van der Waals surface area contributed by atoms with E-state index in [1.807, 2.05) is 0 Å². The SMILES string of the molecule is COc1c(-c2cc(C(=O)O)nn2C)cc(C)cc1C(F)F. The lowest BCUT2D eigenvalue weighted by Crippen LogP contribution is -2.01. The van der Waals surface area contributed by atoms with Crippen molar-refractivity contribution >= 4 is 5.97 Å². The van der Waals surface area contributed by atoms with Crippen LogP contribution in [0.4, 0.5) is 8.78 Å². The molecule has 0 fully saturated rings. The van der Waals surface area contributed by atoms with Crippen LogP contribution >= 0.6 is 0 Å². The van der Waals surface area contributed by atoms with Gasteiger partial charge in [-0.05, 0) is 30.7 Å². The number of carbonyl (C=O) groups is 1. The number of ether oxygens (including phenoxy) is 1. The monoisotopic (exact) mass is 296 g/mol. The third-order valence-corrected chi connectivity index (χ3v) is 3.08. The maximum Gasteiger partial charge on any atom is 0.356 e. The summed E-state index contributed by atoms with van der Waals surface area (Å²) in [5, 5.41) is 12.8. The minimum Gasteiger partial charge on any atom is -0.496 e. The Bertz CT molecular complexity index is 696. The number of benzene rings is 1. The van der Waals surface area contributed by atoms with Crippen molar-refractivity contribution < 1.29 is 23.4 Å². The third kappa shape index (κ3) is 2.72. The van der Waals surface area contributed by atoms with E-state index < -0.39 is 12.4 Å². The summed E-state index contributed by atoms with van der Waals surface area (Å²) in [6.45, 7) is 1.68. The molecule has 0 aliphatic rings. The van der Waals surface area contributed by atoms with Crippen molar-refractivity contribution in [2.75, 3.05) is 7.11 Å². The van der Waals surface area contributed by atoms with Crippen molar-refractivity contribution in [1.29, 1.82) is 0 Å². The van der Waals surface area contributed by atoms with Gasteiger partial charge in [-0.1, -0.05) is 0 Å². The molecule has 112 valence electrons. The molecule has 0 radical (unpaired) electrons. The van der Waals surface area contributed by atoms with E-state index in [9.17, 15) is 13.6 Å². The van der Waals surface area contributed by atoms with Gasteiger partial charge >= 0.3 is 5.97 Å². The summed E-state index contributed by atoms with van der Waals surface area (Å²) in [5.41, 5.74) is 1.02. The van der Waals surface area contributed by atoms with E-state index in [2.05, 4.69) is 5.10 Å². The lowest BCUT2D eigenvalue weighted by molar-refractivity contribution is 0.0689. The molecule has 1 aromatic carbocycles. The maximum absolute atomic E-state index is 13.1.